The third-order valence-electron chi connectivity index (χ3n) is 4.55. The number of nitrogens with zero attached hydrogens (tertiary/aromatic N) is 4. The van der Waals surface area contributed by atoms with Crippen molar-refractivity contribution < 1.29 is 14.2 Å². The molecule has 1 aliphatic heterocycles. The van der Waals surface area contributed by atoms with Crippen LogP contribution in [0, 0.1) is 5.82 Å². The van der Waals surface area contributed by atoms with Gasteiger partial charge in [0.1, 0.15) is 12.0 Å². The average Bonchev–Trinajstić information content (AvgIpc) is 3.33. The number of hydrogen-bond donors (Lipinski definition) is 4. The Balaban J connectivity index is 1.66. The van der Waals surface area contributed by atoms with Gasteiger partial charge in [-0.3, -0.25) is 9.99 Å². The van der Waals surface area contributed by atoms with Crippen molar-refractivity contribution in [3.05, 3.63) is 42.0 Å². The van der Waals surface area contributed by atoms with Crippen LogP contribution >= 0.6 is 0 Å². The Morgan fingerprint density at radius 2 is 2.15 bits per heavy atom. The van der Waals surface area contributed by atoms with Gasteiger partial charge in [-0.25, -0.2) is 15.2 Å². The Kier molecular flexibility index (Phi) is 4.84. The van der Waals surface area contributed by atoms with E-state index >= 15 is 0 Å². The predicted molar refractivity (Wildman–Crippen MR) is 97.1 cm³/mol. The van der Waals surface area contributed by atoms with Crippen LogP contribution in [0.2, 0.25) is 0 Å². The van der Waals surface area contributed by atoms with Crippen molar-refractivity contribution in [3.8, 4) is 0 Å². The van der Waals surface area contributed by atoms with E-state index in [9.17, 15) is 9.50 Å². The van der Waals surface area contributed by atoms with Gasteiger partial charge in [-0.2, -0.15) is 9.97 Å². The minimum absolute atomic E-state index is 0.0246. The van der Waals surface area contributed by atoms with Gasteiger partial charge < -0.3 is 15.2 Å². The lowest BCUT2D eigenvalue weighted by Gasteiger charge is -2.14. The van der Waals surface area contributed by atoms with Crippen LogP contribution in [-0.2, 0) is 11.3 Å². The Morgan fingerprint density at radius 3 is 2.89 bits per heavy atom. The van der Waals surface area contributed by atoms with Gasteiger partial charge in [0.15, 0.2) is 17.0 Å². The summed E-state index contributed by atoms with van der Waals surface area (Å²) >= 11 is 0. The molecule has 2 atom stereocenters. The number of nitrogens with one attached hydrogen (secondary N) is 2. The number of nitrogens with two attached hydrogens (primary N) is 1. The number of benzene rings is 1. The molecule has 10 heteroatoms. The predicted octanol–water partition coefficient (Wildman–Crippen LogP) is 1.53. The summed E-state index contributed by atoms with van der Waals surface area (Å²) in [5, 5.41) is 12.4. The molecule has 0 aliphatic carbocycles. The summed E-state index contributed by atoms with van der Waals surface area (Å²) in [6, 6.07) is 6.51. The fraction of sp³-hybridized carbons (Fsp3) is 0.353. The maximum absolute atomic E-state index is 13.9. The third kappa shape index (κ3) is 3.42. The maximum Gasteiger partial charge on any atom is 0.241 e. The van der Waals surface area contributed by atoms with E-state index in [4.69, 9.17) is 10.6 Å². The number of ether oxygens (including phenoxy) is 1. The van der Waals surface area contributed by atoms with Crippen LogP contribution in [0.4, 0.5) is 16.2 Å². The maximum atomic E-state index is 13.9. The van der Waals surface area contributed by atoms with Crippen LogP contribution in [0.25, 0.3) is 11.2 Å². The SMILES string of the molecule is NNc1nc(NCc2ccccc2F)c2ncn([C@H]3CC[C@H](CO)O3)c2n1. The highest BCUT2D eigenvalue weighted by Gasteiger charge is 2.28. The smallest absolute Gasteiger partial charge is 0.241 e. The fourth-order valence-corrected chi connectivity index (χ4v) is 3.16. The number of aliphatic hydroxyl groups is 1. The topological polar surface area (TPSA) is 123 Å². The Hall–Kier alpha value is -2.82. The third-order valence-corrected chi connectivity index (χ3v) is 4.55. The summed E-state index contributed by atoms with van der Waals surface area (Å²) in [6.45, 7) is 0.214. The normalized spacial score (nSPS) is 19.5. The number of halogens is 1. The number of anilines is 2. The Morgan fingerprint density at radius 1 is 1.30 bits per heavy atom. The standard InChI is InChI=1S/C17H20FN7O2/c18-12-4-2-1-3-10(12)7-20-15-14-16(23-17(22-15)24-19)25(9-21-14)13-6-5-11(8-26)27-13/h1-4,9,11,13,26H,5-8,19H2,(H2,20,22,23,24)/t11-,13-/m1/s1. The Labute approximate surface area is 154 Å². The lowest BCUT2D eigenvalue weighted by molar-refractivity contribution is -0.0207. The van der Waals surface area contributed by atoms with E-state index in [-0.39, 0.29) is 37.2 Å². The number of rotatable bonds is 6. The van der Waals surface area contributed by atoms with Crippen molar-refractivity contribution in [2.24, 2.45) is 5.84 Å². The van der Waals surface area contributed by atoms with E-state index in [0.29, 0.717) is 22.5 Å². The molecule has 3 heterocycles. The molecule has 0 unspecified atom stereocenters. The number of nitrogen functional groups attached to an aromatic ring is 1. The van der Waals surface area contributed by atoms with Gasteiger partial charge in [0.2, 0.25) is 5.95 Å². The second-order valence-electron chi connectivity index (χ2n) is 6.28. The zero-order valence-corrected chi connectivity index (χ0v) is 14.5. The zero-order chi connectivity index (χ0) is 18.8. The number of aliphatic hydroxyl groups excluding tert-OH is 1. The van der Waals surface area contributed by atoms with E-state index in [2.05, 4.69) is 25.7 Å². The summed E-state index contributed by atoms with van der Waals surface area (Å²) in [5.41, 5.74) is 4.02. The van der Waals surface area contributed by atoms with E-state index in [1.807, 2.05) is 0 Å². The van der Waals surface area contributed by atoms with Crippen LogP contribution in [0.5, 0.6) is 0 Å². The molecule has 0 saturated carbocycles. The highest BCUT2D eigenvalue weighted by molar-refractivity contribution is 5.84. The summed E-state index contributed by atoms with van der Waals surface area (Å²) in [7, 11) is 0. The molecule has 3 aromatic rings. The molecule has 1 aromatic carbocycles. The van der Waals surface area contributed by atoms with Crippen molar-refractivity contribution in [3.63, 3.8) is 0 Å². The largest absolute Gasteiger partial charge is 0.394 e. The quantitative estimate of drug-likeness (QED) is 0.379. The highest BCUT2D eigenvalue weighted by Crippen LogP contribution is 2.32. The molecule has 142 valence electrons. The number of hydrogen-bond acceptors (Lipinski definition) is 8. The molecular weight excluding hydrogens is 353 g/mol. The second-order valence-corrected chi connectivity index (χ2v) is 6.28. The van der Waals surface area contributed by atoms with Crippen molar-refractivity contribution in [2.45, 2.75) is 31.7 Å². The van der Waals surface area contributed by atoms with Crippen LogP contribution < -0.4 is 16.6 Å². The molecule has 1 aliphatic rings. The van der Waals surface area contributed by atoms with E-state index in [0.717, 1.165) is 12.8 Å². The molecule has 5 N–H and O–H groups in total. The lowest BCUT2D eigenvalue weighted by atomic mass is 10.2. The fourth-order valence-electron chi connectivity index (χ4n) is 3.16. The van der Waals surface area contributed by atoms with Gasteiger partial charge >= 0.3 is 0 Å². The molecule has 2 aromatic heterocycles. The molecule has 9 nitrogen and oxygen atoms in total. The monoisotopic (exact) mass is 373 g/mol. The molecule has 0 radical (unpaired) electrons. The molecule has 0 bridgehead atoms. The first kappa shape index (κ1) is 17.6. The van der Waals surface area contributed by atoms with Gasteiger partial charge in [-0.1, -0.05) is 18.2 Å². The first-order valence-corrected chi connectivity index (χ1v) is 8.64. The minimum Gasteiger partial charge on any atom is -0.394 e. The molecule has 27 heavy (non-hydrogen) atoms. The second kappa shape index (κ2) is 7.43. The summed E-state index contributed by atoms with van der Waals surface area (Å²) in [5.74, 6) is 5.84. The van der Waals surface area contributed by atoms with Crippen LogP contribution in [0.3, 0.4) is 0 Å². The van der Waals surface area contributed by atoms with Gasteiger partial charge in [-0.15, -0.1) is 0 Å². The lowest BCUT2D eigenvalue weighted by Crippen LogP contribution is -2.16. The molecule has 1 saturated heterocycles. The number of fused-ring (bicyclic) bond motifs is 1. The van der Waals surface area contributed by atoms with Crippen molar-refractivity contribution in [2.75, 3.05) is 17.3 Å². The zero-order valence-electron chi connectivity index (χ0n) is 14.5. The first-order valence-electron chi connectivity index (χ1n) is 8.64. The van der Waals surface area contributed by atoms with Crippen LogP contribution in [-0.4, -0.2) is 37.3 Å². The summed E-state index contributed by atoms with van der Waals surface area (Å²) in [4.78, 5) is 13.1. The van der Waals surface area contributed by atoms with Crippen LogP contribution in [0.1, 0.15) is 24.6 Å². The summed E-state index contributed by atoms with van der Waals surface area (Å²) in [6.07, 6.45) is 2.65. The van der Waals surface area contributed by atoms with Crippen molar-refractivity contribution in [1.29, 1.82) is 0 Å². The number of imidazole rings is 1. The Bertz CT molecular complexity index is 948. The van der Waals surface area contributed by atoms with E-state index < -0.39 is 0 Å². The van der Waals surface area contributed by atoms with Gasteiger partial charge in [-0.05, 0) is 18.9 Å². The van der Waals surface area contributed by atoms with Crippen molar-refractivity contribution in [1.82, 2.24) is 19.5 Å². The number of aromatic nitrogens is 4. The average molecular weight is 373 g/mol. The molecule has 0 amide bonds. The molecule has 0 spiro atoms. The van der Waals surface area contributed by atoms with E-state index in [1.54, 1.807) is 29.1 Å². The van der Waals surface area contributed by atoms with Gasteiger partial charge in [0, 0.05) is 12.1 Å². The van der Waals surface area contributed by atoms with Crippen LogP contribution in [0.15, 0.2) is 30.6 Å². The van der Waals surface area contributed by atoms with Crippen molar-refractivity contribution >= 4 is 22.9 Å². The summed E-state index contributed by atoms with van der Waals surface area (Å²) < 4.78 is 21.5. The molecule has 1 fully saturated rings. The number of hydrazine groups is 1. The van der Waals surface area contributed by atoms with Gasteiger partial charge in [0.25, 0.3) is 0 Å². The van der Waals surface area contributed by atoms with E-state index in [1.165, 1.54) is 6.07 Å². The highest BCUT2D eigenvalue weighted by atomic mass is 19.1. The molecule has 4 rings (SSSR count). The molecular formula is C17H20FN7O2. The van der Waals surface area contributed by atoms with Gasteiger partial charge in [0.05, 0.1) is 19.0 Å². The first-order chi connectivity index (χ1) is 13.2. The minimum atomic E-state index is -0.299.